The van der Waals surface area contributed by atoms with E-state index in [0.29, 0.717) is 12.2 Å². The lowest BCUT2D eigenvalue weighted by Crippen LogP contribution is -2.37. The number of rotatable bonds is 5. The first-order chi connectivity index (χ1) is 10.0. The Balaban J connectivity index is 2.23. The highest BCUT2D eigenvalue weighted by Crippen LogP contribution is 2.19. The molecule has 0 aliphatic heterocycles. The Morgan fingerprint density at radius 1 is 1.43 bits per heavy atom. The number of benzene rings is 1. The van der Waals surface area contributed by atoms with Gasteiger partial charge < -0.3 is 9.47 Å². The Labute approximate surface area is 130 Å². The van der Waals surface area contributed by atoms with Crippen LogP contribution in [0.4, 0.5) is 0 Å². The topological polar surface area (TPSA) is 38.1 Å². The largest absolute Gasteiger partial charge is 0.331 e. The van der Waals surface area contributed by atoms with E-state index in [9.17, 15) is 4.79 Å². The number of carbonyl (C=O) groups is 1. The fourth-order valence-corrected chi connectivity index (χ4v) is 2.65. The lowest BCUT2D eigenvalue weighted by Gasteiger charge is -2.27. The summed E-state index contributed by atoms with van der Waals surface area (Å²) in [4.78, 5) is 19.8. The monoisotopic (exact) mass is 303 g/mol. The molecule has 1 amide bonds. The van der Waals surface area contributed by atoms with Gasteiger partial charge in [-0.3, -0.25) is 4.79 Å². The molecular weight excluding hydrogens is 282 g/mol. The maximum Gasteiger partial charge on any atom is 0.272 e. The number of carbonyl (C=O) groups excluding carboxylic acids is 1. The van der Waals surface area contributed by atoms with Crippen LogP contribution < -0.4 is 0 Å². The number of aryl methyl sites for hydroxylation is 1. The van der Waals surface area contributed by atoms with Gasteiger partial charge in [0.15, 0.2) is 0 Å². The van der Waals surface area contributed by atoms with Crippen LogP contribution in [0.25, 0.3) is 0 Å². The summed E-state index contributed by atoms with van der Waals surface area (Å²) < 4.78 is 1.76. The number of aromatic nitrogens is 2. The van der Waals surface area contributed by atoms with Crippen LogP contribution in [0.1, 0.15) is 29.9 Å². The summed E-state index contributed by atoms with van der Waals surface area (Å²) in [7, 11) is 1.84. The Bertz CT molecular complexity index is 621. The van der Waals surface area contributed by atoms with E-state index in [4.69, 9.17) is 0 Å². The fourth-order valence-electron chi connectivity index (χ4n) is 2.17. The van der Waals surface area contributed by atoms with Gasteiger partial charge in [-0.1, -0.05) is 12.1 Å². The molecule has 0 aliphatic rings. The van der Waals surface area contributed by atoms with Crippen molar-refractivity contribution in [3.8, 4) is 0 Å². The highest BCUT2D eigenvalue weighted by molar-refractivity contribution is 7.98. The predicted molar refractivity (Wildman–Crippen MR) is 86.4 cm³/mol. The summed E-state index contributed by atoms with van der Waals surface area (Å²) in [6, 6.07) is 8.44. The molecule has 0 radical (unpaired) electrons. The van der Waals surface area contributed by atoms with E-state index in [0.717, 1.165) is 5.56 Å². The fraction of sp³-hybridized carbons (Fsp3) is 0.375. The second-order valence-electron chi connectivity index (χ2n) is 5.27. The highest BCUT2D eigenvalue weighted by atomic mass is 32.2. The SMILES string of the molecule is CSc1cccc(CN(C(=O)c2cncn2C)C(C)C)c1. The Morgan fingerprint density at radius 3 is 2.76 bits per heavy atom. The average molecular weight is 303 g/mol. The van der Waals surface area contributed by atoms with E-state index < -0.39 is 0 Å². The minimum absolute atomic E-state index is 0.0135. The number of imidazole rings is 1. The summed E-state index contributed by atoms with van der Waals surface area (Å²) in [6.07, 6.45) is 5.33. The highest BCUT2D eigenvalue weighted by Gasteiger charge is 2.21. The van der Waals surface area contributed by atoms with Gasteiger partial charge in [-0.2, -0.15) is 0 Å². The van der Waals surface area contributed by atoms with Crippen LogP contribution in [0, 0.1) is 0 Å². The van der Waals surface area contributed by atoms with Gasteiger partial charge in [0.25, 0.3) is 5.91 Å². The second-order valence-corrected chi connectivity index (χ2v) is 6.15. The Kier molecular flexibility index (Phi) is 5.07. The first-order valence-electron chi connectivity index (χ1n) is 6.93. The van der Waals surface area contributed by atoms with Crippen molar-refractivity contribution in [3.63, 3.8) is 0 Å². The van der Waals surface area contributed by atoms with Crippen LogP contribution in [0.15, 0.2) is 41.7 Å². The molecule has 0 atom stereocenters. The van der Waals surface area contributed by atoms with Gasteiger partial charge in [0, 0.05) is 24.5 Å². The molecule has 21 heavy (non-hydrogen) atoms. The standard InChI is InChI=1S/C16H21N3OS/c1-12(2)19(16(20)15-9-17-11-18(15)3)10-13-6-5-7-14(8-13)21-4/h5-9,11-12H,10H2,1-4H3. The van der Waals surface area contributed by atoms with Crippen LogP contribution >= 0.6 is 11.8 Å². The molecule has 0 unspecified atom stereocenters. The molecule has 0 aliphatic carbocycles. The third kappa shape index (κ3) is 3.67. The zero-order chi connectivity index (χ0) is 15.4. The van der Waals surface area contributed by atoms with E-state index >= 15 is 0 Å². The van der Waals surface area contributed by atoms with Crippen molar-refractivity contribution in [2.75, 3.05) is 6.26 Å². The lowest BCUT2D eigenvalue weighted by atomic mass is 10.1. The van der Waals surface area contributed by atoms with Crippen molar-refractivity contribution in [2.45, 2.75) is 31.3 Å². The van der Waals surface area contributed by atoms with Crippen molar-refractivity contribution in [1.29, 1.82) is 0 Å². The van der Waals surface area contributed by atoms with E-state index in [-0.39, 0.29) is 11.9 Å². The van der Waals surface area contributed by atoms with Crippen LogP contribution in [0.2, 0.25) is 0 Å². The van der Waals surface area contributed by atoms with E-state index in [1.165, 1.54) is 4.90 Å². The lowest BCUT2D eigenvalue weighted by molar-refractivity contribution is 0.0680. The van der Waals surface area contributed by atoms with Gasteiger partial charge in [0.05, 0.1) is 12.5 Å². The quantitative estimate of drug-likeness (QED) is 0.796. The number of nitrogens with zero attached hydrogens (tertiary/aromatic N) is 3. The summed E-state index contributed by atoms with van der Waals surface area (Å²) >= 11 is 1.71. The summed E-state index contributed by atoms with van der Waals surface area (Å²) in [5, 5.41) is 0. The molecule has 0 N–H and O–H groups in total. The van der Waals surface area contributed by atoms with Gasteiger partial charge >= 0.3 is 0 Å². The van der Waals surface area contributed by atoms with E-state index in [1.807, 2.05) is 31.9 Å². The molecule has 0 saturated carbocycles. The summed E-state index contributed by atoms with van der Waals surface area (Å²) in [6.45, 7) is 4.68. The van der Waals surface area contributed by atoms with Crippen molar-refractivity contribution < 1.29 is 4.79 Å². The molecule has 2 aromatic rings. The molecule has 1 aromatic heterocycles. The molecule has 112 valence electrons. The van der Waals surface area contributed by atoms with Crippen molar-refractivity contribution >= 4 is 17.7 Å². The predicted octanol–water partition coefficient (Wildman–Crippen LogP) is 3.19. The zero-order valence-corrected chi connectivity index (χ0v) is 13.7. The molecule has 0 bridgehead atoms. The van der Waals surface area contributed by atoms with Crippen LogP contribution in [0.5, 0.6) is 0 Å². The summed E-state index contributed by atoms with van der Waals surface area (Å²) in [5.41, 5.74) is 1.76. The Morgan fingerprint density at radius 2 is 2.19 bits per heavy atom. The third-order valence-electron chi connectivity index (χ3n) is 3.41. The maximum absolute atomic E-state index is 12.7. The number of hydrogen-bond donors (Lipinski definition) is 0. The van der Waals surface area contributed by atoms with Gasteiger partial charge in [-0.05, 0) is 37.8 Å². The zero-order valence-electron chi connectivity index (χ0n) is 12.9. The van der Waals surface area contributed by atoms with Gasteiger partial charge in [-0.25, -0.2) is 4.98 Å². The Hall–Kier alpha value is -1.75. The normalized spacial score (nSPS) is 10.9. The smallest absolute Gasteiger partial charge is 0.272 e. The molecule has 0 spiro atoms. The second kappa shape index (κ2) is 6.80. The minimum Gasteiger partial charge on any atom is -0.331 e. The van der Waals surface area contributed by atoms with Crippen LogP contribution in [0.3, 0.4) is 0 Å². The minimum atomic E-state index is 0.0135. The molecule has 1 aromatic carbocycles. The first-order valence-corrected chi connectivity index (χ1v) is 8.15. The van der Waals surface area contributed by atoms with Crippen molar-refractivity contribution in [2.24, 2.45) is 7.05 Å². The first kappa shape index (κ1) is 15.6. The summed E-state index contributed by atoms with van der Waals surface area (Å²) in [5.74, 6) is 0.0135. The van der Waals surface area contributed by atoms with Gasteiger partial charge in [0.2, 0.25) is 0 Å². The number of thioether (sulfide) groups is 1. The molecule has 2 rings (SSSR count). The molecule has 0 saturated heterocycles. The van der Waals surface area contributed by atoms with E-state index in [2.05, 4.69) is 29.4 Å². The van der Waals surface area contributed by atoms with E-state index in [1.54, 1.807) is 28.9 Å². The van der Waals surface area contributed by atoms with Crippen molar-refractivity contribution in [1.82, 2.24) is 14.5 Å². The third-order valence-corrected chi connectivity index (χ3v) is 4.13. The number of amides is 1. The van der Waals surface area contributed by atoms with Gasteiger partial charge in [0.1, 0.15) is 5.69 Å². The molecule has 5 heteroatoms. The molecular formula is C16H21N3OS. The van der Waals surface area contributed by atoms with Gasteiger partial charge in [-0.15, -0.1) is 11.8 Å². The maximum atomic E-state index is 12.7. The molecule has 4 nitrogen and oxygen atoms in total. The molecule has 1 heterocycles. The van der Waals surface area contributed by atoms with Crippen LogP contribution in [-0.4, -0.2) is 32.7 Å². The number of hydrogen-bond acceptors (Lipinski definition) is 3. The molecule has 0 fully saturated rings. The van der Waals surface area contributed by atoms with Crippen molar-refractivity contribution in [3.05, 3.63) is 48.0 Å². The van der Waals surface area contributed by atoms with Crippen LogP contribution in [-0.2, 0) is 13.6 Å². The average Bonchev–Trinajstić information content (AvgIpc) is 2.90.